The molecule has 1 aromatic carbocycles. The predicted octanol–water partition coefficient (Wildman–Crippen LogP) is 4.18. The van der Waals surface area contributed by atoms with Crippen LogP contribution in [0.2, 0.25) is 5.02 Å². The van der Waals surface area contributed by atoms with Crippen LogP contribution in [0, 0.1) is 0 Å². The fraction of sp³-hybridized carbons (Fsp3) is 0.571. The lowest BCUT2D eigenvalue weighted by Crippen LogP contribution is -2.45. The first-order valence-electron chi connectivity index (χ1n) is 6.87. The Morgan fingerprint density at radius 1 is 1.22 bits per heavy atom. The lowest BCUT2D eigenvalue weighted by molar-refractivity contribution is -0.138. The molecule has 0 spiro atoms. The van der Waals surface area contributed by atoms with Crippen molar-refractivity contribution in [1.29, 1.82) is 0 Å². The minimum absolute atomic E-state index is 0. The van der Waals surface area contributed by atoms with Crippen LogP contribution in [-0.4, -0.2) is 42.4 Å². The molecule has 0 aromatic heterocycles. The zero-order valence-corrected chi connectivity index (χ0v) is 14.7. The smallest absolute Gasteiger partial charge is 0.389 e. The molecule has 0 amide bonds. The largest absolute Gasteiger partial charge is 0.508 e. The summed E-state index contributed by atoms with van der Waals surface area (Å²) in [4.78, 5) is 1.97. The SMILES string of the molecule is Cl.Cl.Oc1ccc(Cl)cc1[C@@H](CCC(F)(F)F)N1CCNCC1. The Hall–Kier alpha value is -0.400. The average Bonchev–Trinajstić information content (AvgIpc) is 2.43. The Bertz CT molecular complexity index is 483. The maximum Gasteiger partial charge on any atom is 0.389 e. The monoisotopic (exact) mass is 394 g/mol. The molecule has 1 fully saturated rings. The van der Waals surface area contributed by atoms with Crippen molar-refractivity contribution in [2.24, 2.45) is 0 Å². The highest BCUT2D eigenvalue weighted by Crippen LogP contribution is 2.36. The molecule has 1 aromatic rings. The van der Waals surface area contributed by atoms with Crippen LogP contribution < -0.4 is 5.32 Å². The van der Waals surface area contributed by atoms with Gasteiger partial charge in [0.25, 0.3) is 0 Å². The first-order chi connectivity index (χ1) is 9.87. The fourth-order valence-corrected chi connectivity index (χ4v) is 2.80. The minimum Gasteiger partial charge on any atom is -0.508 e. The van der Waals surface area contributed by atoms with Gasteiger partial charge in [0, 0.05) is 49.2 Å². The minimum atomic E-state index is -4.21. The van der Waals surface area contributed by atoms with Crippen LogP contribution in [0.25, 0.3) is 0 Å². The van der Waals surface area contributed by atoms with Crippen LogP contribution in [0.5, 0.6) is 5.75 Å². The molecule has 3 nitrogen and oxygen atoms in total. The molecule has 0 saturated carbocycles. The summed E-state index contributed by atoms with van der Waals surface area (Å²) < 4.78 is 37.7. The molecule has 1 aliphatic heterocycles. The van der Waals surface area contributed by atoms with E-state index in [9.17, 15) is 18.3 Å². The highest BCUT2D eigenvalue weighted by molar-refractivity contribution is 6.30. The normalized spacial score (nSPS) is 17.0. The number of hydrogen-bond donors (Lipinski definition) is 2. The number of phenols is 1. The van der Waals surface area contributed by atoms with Gasteiger partial charge in [-0.15, -0.1) is 24.8 Å². The van der Waals surface area contributed by atoms with Gasteiger partial charge in [0.1, 0.15) is 5.75 Å². The van der Waals surface area contributed by atoms with E-state index < -0.39 is 18.6 Å². The van der Waals surface area contributed by atoms with Crippen molar-refractivity contribution in [3.05, 3.63) is 28.8 Å². The van der Waals surface area contributed by atoms with E-state index in [4.69, 9.17) is 11.6 Å². The molecule has 2 N–H and O–H groups in total. The van der Waals surface area contributed by atoms with Gasteiger partial charge in [0.15, 0.2) is 0 Å². The summed E-state index contributed by atoms with van der Waals surface area (Å²) in [6, 6.07) is 4.03. The second-order valence-electron chi connectivity index (χ2n) is 5.16. The Morgan fingerprint density at radius 2 is 1.83 bits per heavy atom. The van der Waals surface area contributed by atoms with Gasteiger partial charge in [-0.05, 0) is 24.6 Å². The van der Waals surface area contributed by atoms with E-state index in [1.54, 1.807) is 6.07 Å². The molecule has 2 rings (SSSR count). The van der Waals surface area contributed by atoms with Gasteiger partial charge in [-0.2, -0.15) is 13.2 Å². The highest BCUT2D eigenvalue weighted by Gasteiger charge is 2.32. The zero-order chi connectivity index (χ0) is 15.5. The predicted molar refractivity (Wildman–Crippen MR) is 90.1 cm³/mol. The van der Waals surface area contributed by atoms with E-state index in [1.165, 1.54) is 12.1 Å². The van der Waals surface area contributed by atoms with Crippen molar-refractivity contribution in [3.63, 3.8) is 0 Å². The van der Waals surface area contributed by atoms with Crippen LogP contribution >= 0.6 is 36.4 Å². The average molecular weight is 396 g/mol. The van der Waals surface area contributed by atoms with Crippen LogP contribution in [-0.2, 0) is 0 Å². The van der Waals surface area contributed by atoms with Gasteiger partial charge in [0.05, 0.1) is 0 Å². The van der Waals surface area contributed by atoms with Crippen LogP contribution in [0.3, 0.4) is 0 Å². The molecule has 0 radical (unpaired) electrons. The second kappa shape index (κ2) is 9.79. The molecule has 1 atom stereocenters. The molecule has 134 valence electrons. The number of halogens is 6. The second-order valence-corrected chi connectivity index (χ2v) is 5.60. The number of nitrogens with one attached hydrogen (secondary N) is 1. The third-order valence-corrected chi connectivity index (χ3v) is 3.88. The molecule has 0 unspecified atom stereocenters. The third kappa shape index (κ3) is 6.93. The molecular weight excluding hydrogens is 376 g/mol. The number of rotatable bonds is 4. The van der Waals surface area contributed by atoms with Gasteiger partial charge < -0.3 is 10.4 Å². The molecule has 1 heterocycles. The quantitative estimate of drug-likeness (QED) is 0.803. The summed E-state index contributed by atoms with van der Waals surface area (Å²) >= 11 is 5.93. The van der Waals surface area contributed by atoms with Gasteiger partial charge in [-0.1, -0.05) is 11.6 Å². The lowest BCUT2D eigenvalue weighted by atomic mass is 9.98. The number of aromatic hydroxyl groups is 1. The standard InChI is InChI=1S/C14H18ClF3N2O.2ClH/c15-10-1-2-13(21)11(9-10)12(3-4-14(16,17)18)20-7-5-19-6-8-20;;/h1-2,9,12,19,21H,3-8H2;2*1H/t12-;;/m1../s1. The summed E-state index contributed by atoms with van der Waals surface area (Å²) in [6.45, 7) is 2.75. The summed E-state index contributed by atoms with van der Waals surface area (Å²) in [5.41, 5.74) is 0.466. The fourth-order valence-electron chi connectivity index (χ4n) is 2.62. The number of phenolic OH excluding ortho intramolecular Hbond substituents is 1. The van der Waals surface area contributed by atoms with Crippen LogP contribution in [0.15, 0.2) is 18.2 Å². The summed E-state index contributed by atoms with van der Waals surface area (Å²) in [7, 11) is 0. The topological polar surface area (TPSA) is 35.5 Å². The van der Waals surface area contributed by atoms with Gasteiger partial charge in [-0.3, -0.25) is 4.90 Å². The number of benzene rings is 1. The van der Waals surface area contributed by atoms with Crippen molar-refractivity contribution in [2.45, 2.75) is 25.1 Å². The molecule has 23 heavy (non-hydrogen) atoms. The van der Waals surface area contributed by atoms with Crippen molar-refractivity contribution >= 4 is 36.4 Å². The molecule has 1 aliphatic rings. The van der Waals surface area contributed by atoms with E-state index >= 15 is 0 Å². The van der Waals surface area contributed by atoms with Crippen molar-refractivity contribution in [2.75, 3.05) is 26.2 Å². The van der Waals surface area contributed by atoms with Gasteiger partial charge in [-0.25, -0.2) is 0 Å². The Kier molecular flexibility index (Phi) is 9.62. The van der Waals surface area contributed by atoms with Gasteiger partial charge in [0.2, 0.25) is 0 Å². The summed E-state index contributed by atoms with van der Waals surface area (Å²) in [6.07, 6.45) is -5.18. The number of alkyl halides is 3. The summed E-state index contributed by atoms with van der Waals surface area (Å²) in [5.74, 6) is -0.00916. The maximum absolute atomic E-state index is 12.6. The van der Waals surface area contributed by atoms with Crippen molar-refractivity contribution < 1.29 is 18.3 Å². The Labute approximate surface area is 151 Å². The highest BCUT2D eigenvalue weighted by atomic mass is 35.5. The number of piperazine rings is 1. The zero-order valence-electron chi connectivity index (χ0n) is 12.3. The molecule has 9 heteroatoms. The maximum atomic E-state index is 12.6. The van der Waals surface area contributed by atoms with Crippen molar-refractivity contribution in [3.8, 4) is 5.75 Å². The molecule has 0 bridgehead atoms. The molecular formula is C14H20Cl3F3N2O. The number of hydrogen-bond acceptors (Lipinski definition) is 3. The van der Waals surface area contributed by atoms with Gasteiger partial charge >= 0.3 is 6.18 Å². The molecule has 0 aliphatic carbocycles. The molecule has 1 saturated heterocycles. The number of nitrogens with zero attached hydrogens (tertiary/aromatic N) is 1. The summed E-state index contributed by atoms with van der Waals surface area (Å²) in [5, 5.41) is 13.6. The third-order valence-electron chi connectivity index (χ3n) is 3.64. The lowest BCUT2D eigenvalue weighted by Gasteiger charge is -2.35. The van der Waals surface area contributed by atoms with E-state index in [0.717, 1.165) is 13.1 Å². The first-order valence-corrected chi connectivity index (χ1v) is 7.24. The Morgan fingerprint density at radius 3 is 2.39 bits per heavy atom. The van der Waals surface area contributed by atoms with Crippen LogP contribution in [0.4, 0.5) is 13.2 Å². The van der Waals surface area contributed by atoms with E-state index in [2.05, 4.69) is 5.32 Å². The van der Waals surface area contributed by atoms with E-state index in [0.29, 0.717) is 23.7 Å². The first kappa shape index (κ1) is 22.6. The van der Waals surface area contributed by atoms with E-state index in [1.807, 2.05) is 4.90 Å². The Balaban J connectivity index is 0.00000242. The van der Waals surface area contributed by atoms with Crippen molar-refractivity contribution in [1.82, 2.24) is 10.2 Å². The van der Waals surface area contributed by atoms with E-state index in [-0.39, 0.29) is 37.0 Å². The van der Waals surface area contributed by atoms with Crippen LogP contribution in [0.1, 0.15) is 24.4 Å².